The third-order valence-corrected chi connectivity index (χ3v) is 2.41. The number of piperazine rings is 1. The average molecular weight is 199 g/mol. The van der Waals surface area contributed by atoms with Gasteiger partial charge in [0.2, 0.25) is 0 Å². The van der Waals surface area contributed by atoms with Crippen LogP contribution in [0.4, 0.5) is 5.82 Å². The first-order valence-corrected chi connectivity index (χ1v) is 4.69. The molecule has 1 aromatic heterocycles. The molecule has 1 fully saturated rings. The van der Waals surface area contributed by atoms with Gasteiger partial charge >= 0.3 is 0 Å². The number of rotatable bonds is 1. The summed E-state index contributed by atoms with van der Waals surface area (Å²) < 4.78 is 0. The molecular weight excluding hydrogens is 188 g/mol. The highest BCUT2D eigenvalue weighted by atomic mass is 35.5. The Morgan fingerprint density at radius 3 is 3.15 bits per heavy atom. The van der Waals surface area contributed by atoms with Gasteiger partial charge in [0.25, 0.3) is 0 Å². The first-order chi connectivity index (χ1) is 6.38. The summed E-state index contributed by atoms with van der Waals surface area (Å²) in [5.41, 5.74) is -0.0227. The zero-order valence-corrected chi connectivity index (χ0v) is 7.91. The lowest BCUT2D eigenvalue weighted by Crippen LogP contribution is -2.49. The van der Waals surface area contributed by atoms with Gasteiger partial charge in [-0.2, -0.15) is 0 Å². The number of aromatic nitrogens is 2. The molecule has 1 aromatic rings. The second kappa shape index (κ2) is 3.89. The van der Waals surface area contributed by atoms with E-state index in [1.807, 2.05) is 4.90 Å². The van der Waals surface area contributed by atoms with Gasteiger partial charge < -0.3 is 10.2 Å². The van der Waals surface area contributed by atoms with E-state index in [-0.39, 0.29) is 5.50 Å². The Kier molecular flexibility index (Phi) is 2.61. The van der Waals surface area contributed by atoms with Gasteiger partial charge in [-0.1, -0.05) is 11.6 Å². The zero-order valence-electron chi connectivity index (χ0n) is 7.15. The second-order valence-electron chi connectivity index (χ2n) is 2.90. The van der Waals surface area contributed by atoms with Gasteiger partial charge in [0.15, 0.2) is 0 Å². The fourth-order valence-corrected chi connectivity index (χ4v) is 1.68. The van der Waals surface area contributed by atoms with Crippen LogP contribution in [0.3, 0.4) is 0 Å². The Labute approximate surface area is 81.9 Å². The highest BCUT2D eigenvalue weighted by molar-refractivity contribution is 6.22. The zero-order chi connectivity index (χ0) is 9.10. The predicted octanol–water partition coefficient (Wildman–Crippen LogP) is 0.451. The van der Waals surface area contributed by atoms with Crippen molar-refractivity contribution >= 4 is 17.4 Å². The minimum absolute atomic E-state index is 0.0227. The normalized spacial score (nSPS) is 23.2. The molecule has 2 rings (SSSR count). The number of hydrogen-bond acceptors (Lipinski definition) is 4. The van der Waals surface area contributed by atoms with Gasteiger partial charge in [-0.05, 0) is 0 Å². The number of hydrogen-bond donors (Lipinski definition) is 1. The molecule has 4 nitrogen and oxygen atoms in total. The summed E-state index contributed by atoms with van der Waals surface area (Å²) >= 11 is 6.11. The number of anilines is 1. The molecule has 1 unspecified atom stereocenters. The van der Waals surface area contributed by atoms with Crippen molar-refractivity contribution in [3.05, 3.63) is 18.6 Å². The summed E-state index contributed by atoms with van der Waals surface area (Å²) in [6, 6.07) is 0. The van der Waals surface area contributed by atoms with Crippen molar-refractivity contribution in [3.63, 3.8) is 0 Å². The van der Waals surface area contributed by atoms with E-state index in [0.717, 1.165) is 25.5 Å². The van der Waals surface area contributed by atoms with Gasteiger partial charge in [0.05, 0.1) is 6.20 Å². The standard InChI is InChI=1S/C8H11ClN4/c9-7-5-11-3-4-13(7)8-6-10-1-2-12-8/h1-2,6-7,11H,3-5H2. The van der Waals surface area contributed by atoms with E-state index in [0.29, 0.717) is 0 Å². The molecule has 1 atom stereocenters. The van der Waals surface area contributed by atoms with Gasteiger partial charge in [-0.3, -0.25) is 4.98 Å². The van der Waals surface area contributed by atoms with Crippen LogP contribution in [-0.4, -0.2) is 35.1 Å². The van der Waals surface area contributed by atoms with Crippen LogP contribution in [0, 0.1) is 0 Å². The first kappa shape index (κ1) is 8.72. The summed E-state index contributed by atoms with van der Waals surface area (Å²) in [5, 5.41) is 3.21. The highest BCUT2D eigenvalue weighted by Crippen LogP contribution is 2.15. The molecule has 0 aliphatic carbocycles. The molecule has 2 heterocycles. The van der Waals surface area contributed by atoms with Crippen molar-refractivity contribution in [2.45, 2.75) is 5.50 Å². The third kappa shape index (κ3) is 1.89. The van der Waals surface area contributed by atoms with Gasteiger partial charge in [0.1, 0.15) is 11.3 Å². The number of nitrogens with zero attached hydrogens (tertiary/aromatic N) is 3. The average Bonchev–Trinajstić information content (AvgIpc) is 2.20. The summed E-state index contributed by atoms with van der Waals surface area (Å²) in [5.74, 6) is 0.851. The van der Waals surface area contributed by atoms with Crippen LogP contribution in [0.15, 0.2) is 18.6 Å². The summed E-state index contributed by atoms with van der Waals surface area (Å²) in [6.07, 6.45) is 5.08. The molecule has 13 heavy (non-hydrogen) atoms. The Morgan fingerprint density at radius 1 is 1.54 bits per heavy atom. The maximum Gasteiger partial charge on any atom is 0.148 e. The third-order valence-electron chi connectivity index (χ3n) is 2.02. The summed E-state index contributed by atoms with van der Waals surface area (Å²) in [4.78, 5) is 10.3. The van der Waals surface area contributed by atoms with Crippen LogP contribution >= 0.6 is 11.6 Å². The van der Waals surface area contributed by atoms with Crippen LogP contribution in [0.25, 0.3) is 0 Å². The van der Waals surface area contributed by atoms with Crippen LogP contribution in [0.5, 0.6) is 0 Å². The molecule has 0 saturated carbocycles. The molecular formula is C8H11ClN4. The van der Waals surface area contributed by atoms with E-state index in [4.69, 9.17) is 11.6 Å². The molecule has 1 N–H and O–H groups in total. The van der Waals surface area contributed by atoms with Crippen LogP contribution in [-0.2, 0) is 0 Å². The Balaban J connectivity index is 2.15. The monoisotopic (exact) mass is 198 g/mol. The minimum Gasteiger partial charge on any atom is -0.336 e. The van der Waals surface area contributed by atoms with Crippen molar-refractivity contribution in [2.75, 3.05) is 24.5 Å². The molecule has 0 bridgehead atoms. The smallest absolute Gasteiger partial charge is 0.148 e. The van der Waals surface area contributed by atoms with E-state index in [9.17, 15) is 0 Å². The largest absolute Gasteiger partial charge is 0.336 e. The lowest BCUT2D eigenvalue weighted by atomic mass is 10.3. The van der Waals surface area contributed by atoms with Gasteiger partial charge in [0, 0.05) is 32.0 Å². The molecule has 1 aliphatic rings. The molecule has 0 spiro atoms. The van der Waals surface area contributed by atoms with Gasteiger partial charge in [-0.25, -0.2) is 4.98 Å². The Hall–Kier alpha value is -0.870. The molecule has 0 amide bonds. The van der Waals surface area contributed by atoms with E-state index in [1.54, 1.807) is 18.6 Å². The number of halogens is 1. The first-order valence-electron chi connectivity index (χ1n) is 4.25. The lowest BCUT2D eigenvalue weighted by Gasteiger charge is -2.32. The van der Waals surface area contributed by atoms with Gasteiger partial charge in [-0.15, -0.1) is 0 Å². The highest BCUT2D eigenvalue weighted by Gasteiger charge is 2.20. The Bertz CT molecular complexity index is 266. The van der Waals surface area contributed by atoms with Crippen molar-refractivity contribution in [1.82, 2.24) is 15.3 Å². The van der Waals surface area contributed by atoms with E-state index < -0.39 is 0 Å². The van der Waals surface area contributed by atoms with Crippen LogP contribution in [0.2, 0.25) is 0 Å². The quantitative estimate of drug-likeness (QED) is 0.526. The molecule has 0 aromatic carbocycles. The molecule has 0 radical (unpaired) electrons. The summed E-state index contributed by atoms with van der Waals surface area (Å²) in [7, 11) is 0. The van der Waals surface area contributed by atoms with Crippen molar-refractivity contribution in [2.24, 2.45) is 0 Å². The molecule has 70 valence electrons. The number of nitrogens with one attached hydrogen (secondary N) is 1. The Morgan fingerprint density at radius 2 is 2.46 bits per heavy atom. The topological polar surface area (TPSA) is 41.0 Å². The molecule has 1 aliphatic heterocycles. The van der Waals surface area contributed by atoms with E-state index >= 15 is 0 Å². The number of alkyl halides is 1. The summed E-state index contributed by atoms with van der Waals surface area (Å²) in [6.45, 7) is 2.62. The van der Waals surface area contributed by atoms with E-state index in [1.165, 1.54) is 0 Å². The molecule has 1 saturated heterocycles. The van der Waals surface area contributed by atoms with Crippen LogP contribution in [0.1, 0.15) is 0 Å². The van der Waals surface area contributed by atoms with Crippen molar-refractivity contribution in [1.29, 1.82) is 0 Å². The maximum absolute atomic E-state index is 6.11. The second-order valence-corrected chi connectivity index (χ2v) is 3.40. The fraction of sp³-hybridized carbons (Fsp3) is 0.500. The van der Waals surface area contributed by atoms with Crippen molar-refractivity contribution < 1.29 is 0 Å². The molecule has 5 heteroatoms. The maximum atomic E-state index is 6.11. The predicted molar refractivity (Wildman–Crippen MR) is 51.9 cm³/mol. The van der Waals surface area contributed by atoms with E-state index in [2.05, 4.69) is 15.3 Å². The van der Waals surface area contributed by atoms with Crippen LogP contribution < -0.4 is 10.2 Å². The minimum atomic E-state index is -0.0227. The fourth-order valence-electron chi connectivity index (χ4n) is 1.37. The lowest BCUT2D eigenvalue weighted by molar-refractivity contribution is 0.554. The van der Waals surface area contributed by atoms with Crippen molar-refractivity contribution in [3.8, 4) is 0 Å². The SMILES string of the molecule is ClC1CNCCN1c1cnccn1.